The van der Waals surface area contributed by atoms with E-state index >= 15 is 0 Å². The van der Waals surface area contributed by atoms with Gasteiger partial charge >= 0.3 is 0 Å². The second kappa shape index (κ2) is 10.4. The number of likely N-dealkylation sites (tertiary alicyclic amines) is 1. The van der Waals surface area contributed by atoms with Crippen molar-refractivity contribution in [1.82, 2.24) is 24.6 Å². The van der Waals surface area contributed by atoms with Crippen molar-refractivity contribution in [3.05, 3.63) is 112 Å². The molecular weight excluding hydrogens is 446 g/mol. The summed E-state index contributed by atoms with van der Waals surface area (Å²) >= 11 is 0. The molecule has 0 bridgehead atoms. The highest BCUT2D eigenvalue weighted by Gasteiger charge is 2.28. The molecule has 2 aromatic heterocycles. The van der Waals surface area contributed by atoms with Crippen LogP contribution in [0.15, 0.2) is 66.9 Å². The van der Waals surface area contributed by atoms with Crippen LogP contribution in [0.2, 0.25) is 0 Å². The van der Waals surface area contributed by atoms with E-state index < -0.39 is 0 Å². The minimum absolute atomic E-state index is 0.0905. The van der Waals surface area contributed by atoms with Crippen molar-refractivity contribution in [1.29, 1.82) is 0 Å². The van der Waals surface area contributed by atoms with Crippen LogP contribution in [0.3, 0.4) is 0 Å². The van der Waals surface area contributed by atoms with Gasteiger partial charge in [-0.3, -0.25) is 9.48 Å². The number of rotatable bonds is 6. The van der Waals surface area contributed by atoms with E-state index in [1.54, 1.807) is 0 Å². The molecule has 0 radical (unpaired) electrons. The fourth-order valence-electron chi connectivity index (χ4n) is 5.15. The maximum Gasteiger partial charge on any atom is 0.253 e. The highest BCUT2D eigenvalue weighted by atomic mass is 16.2. The number of hydrogen-bond donors (Lipinski definition) is 0. The lowest BCUT2D eigenvalue weighted by molar-refractivity contribution is 0.0705. The highest BCUT2D eigenvalue weighted by molar-refractivity contribution is 5.94. The first-order valence-electron chi connectivity index (χ1n) is 12.7. The van der Waals surface area contributed by atoms with Crippen LogP contribution in [0.4, 0.5) is 0 Å². The molecule has 1 saturated heterocycles. The van der Waals surface area contributed by atoms with E-state index in [9.17, 15) is 4.79 Å². The molecule has 6 nitrogen and oxygen atoms in total. The molecule has 1 fully saturated rings. The number of aryl methyl sites for hydroxylation is 3. The van der Waals surface area contributed by atoms with E-state index in [-0.39, 0.29) is 11.8 Å². The van der Waals surface area contributed by atoms with Crippen LogP contribution in [0, 0.1) is 20.8 Å². The molecule has 0 unspecified atom stereocenters. The fraction of sp³-hybridized carbons (Fsp3) is 0.333. The summed E-state index contributed by atoms with van der Waals surface area (Å²) in [5, 5.41) is 4.54. The SMILES string of the molecule is Cc1cc(C)n(Cc2ccc(C(=O)N3CCC[C@H](c4nc(C)ncc4Cc4ccccc4)C3)cc2)n1. The first-order valence-corrected chi connectivity index (χ1v) is 12.7. The Morgan fingerprint density at radius 2 is 1.78 bits per heavy atom. The molecule has 1 aliphatic heterocycles. The van der Waals surface area contributed by atoms with Crippen LogP contribution < -0.4 is 0 Å². The van der Waals surface area contributed by atoms with E-state index in [1.165, 1.54) is 5.56 Å². The fourth-order valence-corrected chi connectivity index (χ4v) is 5.15. The average Bonchev–Trinajstić information content (AvgIpc) is 3.22. The molecule has 4 aromatic rings. The largest absolute Gasteiger partial charge is 0.338 e. The number of carbonyl (C=O) groups is 1. The molecule has 36 heavy (non-hydrogen) atoms. The number of carbonyl (C=O) groups excluding carboxylic acids is 1. The summed E-state index contributed by atoms with van der Waals surface area (Å²) in [6, 6.07) is 20.5. The Balaban J connectivity index is 1.30. The van der Waals surface area contributed by atoms with Gasteiger partial charge in [0.1, 0.15) is 5.82 Å². The molecule has 3 heterocycles. The maximum absolute atomic E-state index is 13.4. The van der Waals surface area contributed by atoms with Gasteiger partial charge in [0.25, 0.3) is 5.91 Å². The molecule has 0 saturated carbocycles. The van der Waals surface area contributed by atoms with Crippen LogP contribution >= 0.6 is 0 Å². The third-order valence-electron chi connectivity index (χ3n) is 6.99. The van der Waals surface area contributed by atoms with Crippen LogP contribution in [-0.4, -0.2) is 43.6 Å². The van der Waals surface area contributed by atoms with Gasteiger partial charge < -0.3 is 4.90 Å². The number of aromatic nitrogens is 4. The first-order chi connectivity index (χ1) is 17.5. The van der Waals surface area contributed by atoms with E-state index in [1.807, 2.05) is 60.0 Å². The van der Waals surface area contributed by atoms with E-state index in [0.717, 1.165) is 65.4 Å². The lowest BCUT2D eigenvalue weighted by Gasteiger charge is -2.33. The summed E-state index contributed by atoms with van der Waals surface area (Å²) < 4.78 is 2.00. The summed E-state index contributed by atoms with van der Waals surface area (Å²) in [5.74, 6) is 1.09. The number of piperidine rings is 1. The van der Waals surface area contributed by atoms with Crippen molar-refractivity contribution in [3.63, 3.8) is 0 Å². The van der Waals surface area contributed by atoms with Crippen LogP contribution in [-0.2, 0) is 13.0 Å². The Labute approximate surface area is 213 Å². The minimum Gasteiger partial charge on any atom is -0.338 e. The zero-order chi connectivity index (χ0) is 25.1. The average molecular weight is 480 g/mol. The Kier molecular flexibility index (Phi) is 6.94. The first kappa shape index (κ1) is 23.9. The topological polar surface area (TPSA) is 63.9 Å². The van der Waals surface area contributed by atoms with Crippen LogP contribution in [0.1, 0.15) is 68.7 Å². The Hall–Kier alpha value is -3.80. The monoisotopic (exact) mass is 479 g/mol. The minimum atomic E-state index is 0.0905. The molecule has 0 N–H and O–H groups in total. The zero-order valence-electron chi connectivity index (χ0n) is 21.3. The van der Waals surface area contributed by atoms with Gasteiger partial charge in [-0.2, -0.15) is 5.10 Å². The van der Waals surface area contributed by atoms with Crippen molar-refractivity contribution in [2.24, 2.45) is 0 Å². The quantitative estimate of drug-likeness (QED) is 0.379. The molecule has 5 rings (SSSR count). The molecule has 6 heteroatoms. The molecule has 1 atom stereocenters. The summed E-state index contributed by atoms with van der Waals surface area (Å²) in [6.45, 7) is 8.18. The predicted octanol–water partition coefficient (Wildman–Crippen LogP) is 5.26. The third kappa shape index (κ3) is 5.38. The second-order valence-corrected chi connectivity index (χ2v) is 9.86. The standard InChI is InChI=1S/C30H33N5O/c1-21-16-22(2)35(33-21)19-25-11-13-26(14-12-25)30(36)34-15-7-10-27(20-34)29-28(18-31-23(3)32-29)17-24-8-5-4-6-9-24/h4-6,8-9,11-14,16,18,27H,7,10,15,17,19-20H2,1-3H3/t27-/m0/s1. The maximum atomic E-state index is 13.4. The van der Waals surface area contributed by atoms with Gasteiger partial charge in [0.2, 0.25) is 0 Å². The van der Waals surface area contributed by atoms with E-state index in [0.29, 0.717) is 13.1 Å². The summed E-state index contributed by atoms with van der Waals surface area (Å²) in [7, 11) is 0. The van der Waals surface area contributed by atoms with Crippen LogP contribution in [0.5, 0.6) is 0 Å². The predicted molar refractivity (Wildman–Crippen MR) is 141 cm³/mol. The van der Waals surface area contributed by atoms with Gasteiger partial charge in [-0.25, -0.2) is 9.97 Å². The van der Waals surface area contributed by atoms with E-state index in [2.05, 4.69) is 47.3 Å². The molecule has 2 aromatic carbocycles. The van der Waals surface area contributed by atoms with Crippen molar-refractivity contribution in [3.8, 4) is 0 Å². The third-order valence-corrected chi connectivity index (χ3v) is 6.99. The van der Waals surface area contributed by atoms with Crippen molar-refractivity contribution in [2.45, 2.75) is 52.5 Å². The molecular formula is C30H33N5O. The Bertz CT molecular complexity index is 1340. The number of nitrogens with zero attached hydrogens (tertiary/aromatic N) is 5. The molecule has 1 aliphatic rings. The van der Waals surface area contributed by atoms with Gasteiger partial charge in [-0.15, -0.1) is 0 Å². The van der Waals surface area contributed by atoms with Crippen molar-refractivity contribution < 1.29 is 4.79 Å². The van der Waals surface area contributed by atoms with E-state index in [4.69, 9.17) is 4.98 Å². The molecule has 0 aliphatic carbocycles. The Morgan fingerprint density at radius 1 is 1.00 bits per heavy atom. The van der Waals surface area contributed by atoms with Crippen molar-refractivity contribution >= 4 is 5.91 Å². The highest BCUT2D eigenvalue weighted by Crippen LogP contribution is 2.30. The van der Waals surface area contributed by atoms with Gasteiger partial charge in [-0.05, 0) is 68.5 Å². The smallest absolute Gasteiger partial charge is 0.253 e. The molecule has 0 spiro atoms. The van der Waals surface area contributed by atoms with Crippen LogP contribution in [0.25, 0.3) is 0 Å². The lowest BCUT2D eigenvalue weighted by Crippen LogP contribution is -2.39. The summed E-state index contributed by atoms with van der Waals surface area (Å²) in [4.78, 5) is 24.8. The number of hydrogen-bond acceptors (Lipinski definition) is 4. The Morgan fingerprint density at radius 3 is 2.50 bits per heavy atom. The number of benzene rings is 2. The normalized spacial score (nSPS) is 15.8. The van der Waals surface area contributed by atoms with Crippen molar-refractivity contribution in [2.75, 3.05) is 13.1 Å². The zero-order valence-corrected chi connectivity index (χ0v) is 21.3. The van der Waals surface area contributed by atoms with Gasteiger partial charge in [0, 0.05) is 42.9 Å². The summed E-state index contributed by atoms with van der Waals surface area (Å²) in [6.07, 6.45) is 4.77. The lowest BCUT2D eigenvalue weighted by atomic mass is 9.89. The molecule has 184 valence electrons. The molecule has 1 amide bonds. The van der Waals surface area contributed by atoms with Gasteiger partial charge in [-0.1, -0.05) is 42.5 Å². The van der Waals surface area contributed by atoms with Gasteiger partial charge in [0.15, 0.2) is 0 Å². The van der Waals surface area contributed by atoms with Gasteiger partial charge in [0.05, 0.1) is 17.9 Å². The number of amides is 1. The summed E-state index contributed by atoms with van der Waals surface area (Å²) in [5.41, 5.74) is 7.51. The second-order valence-electron chi connectivity index (χ2n) is 9.86.